The van der Waals surface area contributed by atoms with Crippen LogP contribution in [0, 0.1) is 6.92 Å². The van der Waals surface area contributed by atoms with Gasteiger partial charge in [0, 0.05) is 5.69 Å². The Morgan fingerprint density at radius 2 is 1.79 bits per heavy atom. The number of anilines is 1. The van der Waals surface area contributed by atoms with Crippen LogP contribution in [-0.4, -0.2) is 19.1 Å². The zero-order valence-electron chi connectivity index (χ0n) is 14.4. The van der Waals surface area contributed by atoms with Gasteiger partial charge in [-0.1, -0.05) is 24.3 Å². The Morgan fingerprint density at radius 3 is 2.54 bits per heavy atom. The summed E-state index contributed by atoms with van der Waals surface area (Å²) >= 11 is 0. The van der Waals surface area contributed by atoms with E-state index in [0.717, 1.165) is 33.9 Å². The summed E-state index contributed by atoms with van der Waals surface area (Å²) in [6.07, 6.45) is 0.648. The summed E-state index contributed by atoms with van der Waals surface area (Å²) in [5, 5.41) is 3.01. The maximum atomic E-state index is 12.4. The van der Waals surface area contributed by atoms with E-state index in [2.05, 4.69) is 5.32 Å². The Bertz CT molecular complexity index is 755. The molecule has 1 aliphatic heterocycles. The molecule has 0 radical (unpaired) electrons. The summed E-state index contributed by atoms with van der Waals surface area (Å²) in [7, 11) is 0. The van der Waals surface area contributed by atoms with Crippen molar-refractivity contribution in [1.82, 2.24) is 0 Å². The van der Waals surface area contributed by atoms with Gasteiger partial charge in [0.25, 0.3) is 0 Å². The van der Waals surface area contributed by atoms with Crippen molar-refractivity contribution >= 4 is 11.6 Å². The first-order chi connectivity index (χ1) is 11.6. The van der Waals surface area contributed by atoms with Gasteiger partial charge in [0.05, 0.1) is 19.1 Å². The minimum Gasteiger partial charge on any atom is -0.490 e. The molecule has 1 N–H and O–H groups in total. The molecule has 1 amide bonds. The molecule has 2 aromatic rings. The topological polar surface area (TPSA) is 47.6 Å². The van der Waals surface area contributed by atoms with Gasteiger partial charge in [0.2, 0.25) is 5.91 Å². The van der Waals surface area contributed by atoms with Crippen LogP contribution in [0.2, 0.25) is 0 Å². The Labute approximate surface area is 142 Å². The van der Waals surface area contributed by atoms with Crippen molar-refractivity contribution in [3.8, 4) is 11.5 Å². The number of rotatable bonds is 6. The number of amides is 1. The van der Waals surface area contributed by atoms with Crippen molar-refractivity contribution < 1.29 is 14.3 Å². The third kappa shape index (κ3) is 3.09. The molecule has 1 aliphatic rings. The molecule has 0 aromatic heterocycles. The molecular formula is C20H23NO3. The van der Waals surface area contributed by atoms with Crippen LogP contribution in [0.5, 0.6) is 11.5 Å². The Hall–Kier alpha value is -2.49. The maximum absolute atomic E-state index is 12.4. The fourth-order valence-electron chi connectivity index (χ4n) is 3.16. The fourth-order valence-corrected chi connectivity index (χ4v) is 3.16. The first-order valence-corrected chi connectivity index (χ1v) is 8.43. The van der Waals surface area contributed by atoms with Gasteiger partial charge in [-0.15, -0.1) is 0 Å². The molecule has 0 spiro atoms. The molecule has 0 fully saturated rings. The van der Waals surface area contributed by atoms with Crippen LogP contribution in [0.4, 0.5) is 5.69 Å². The molecule has 126 valence electrons. The first-order valence-electron chi connectivity index (χ1n) is 8.43. The number of fused-ring (bicyclic) bond motifs is 1. The van der Waals surface area contributed by atoms with Crippen molar-refractivity contribution in [2.75, 3.05) is 18.5 Å². The summed E-state index contributed by atoms with van der Waals surface area (Å²) in [6.45, 7) is 7.09. The van der Waals surface area contributed by atoms with E-state index in [-0.39, 0.29) is 11.8 Å². The second-order valence-electron chi connectivity index (χ2n) is 5.93. The van der Waals surface area contributed by atoms with Crippen LogP contribution in [0.15, 0.2) is 36.4 Å². The van der Waals surface area contributed by atoms with Gasteiger partial charge in [0.1, 0.15) is 0 Å². The lowest BCUT2D eigenvalue weighted by Crippen LogP contribution is -2.14. The number of para-hydroxylation sites is 1. The number of carbonyl (C=O) groups excluding carboxylic acids is 1. The van der Waals surface area contributed by atoms with E-state index in [1.54, 1.807) is 0 Å². The van der Waals surface area contributed by atoms with E-state index >= 15 is 0 Å². The standard InChI is InChI=1S/C20H23NO3/c1-4-23-17-10-9-14(12-18(17)24-5-2)11-16-15-8-6-7-13(3)19(15)21-20(16)22/h6-10,12,16H,4-5,11H2,1-3H3,(H,21,22)/t16-/m1/s1. The van der Waals surface area contributed by atoms with E-state index in [4.69, 9.17) is 9.47 Å². The molecule has 0 saturated carbocycles. The van der Waals surface area contributed by atoms with Crippen LogP contribution in [0.1, 0.15) is 36.5 Å². The van der Waals surface area contributed by atoms with Crippen molar-refractivity contribution in [2.45, 2.75) is 33.1 Å². The zero-order chi connectivity index (χ0) is 17.1. The molecule has 4 heteroatoms. The smallest absolute Gasteiger partial charge is 0.232 e. The maximum Gasteiger partial charge on any atom is 0.232 e. The number of benzene rings is 2. The number of hydrogen-bond donors (Lipinski definition) is 1. The highest BCUT2D eigenvalue weighted by molar-refractivity contribution is 6.03. The molecular weight excluding hydrogens is 302 g/mol. The molecule has 0 saturated heterocycles. The van der Waals surface area contributed by atoms with Crippen LogP contribution >= 0.6 is 0 Å². The Balaban J connectivity index is 1.88. The normalized spacial score (nSPS) is 15.8. The Kier molecular flexibility index (Phi) is 4.74. The van der Waals surface area contributed by atoms with Gasteiger partial charge in [-0.2, -0.15) is 0 Å². The summed E-state index contributed by atoms with van der Waals surface area (Å²) in [5.74, 6) is 1.38. The summed E-state index contributed by atoms with van der Waals surface area (Å²) < 4.78 is 11.3. The lowest BCUT2D eigenvalue weighted by molar-refractivity contribution is -0.117. The lowest BCUT2D eigenvalue weighted by atomic mass is 9.92. The summed E-state index contributed by atoms with van der Waals surface area (Å²) in [6, 6.07) is 12.0. The minimum absolute atomic E-state index is 0.0612. The van der Waals surface area contributed by atoms with Gasteiger partial charge in [0.15, 0.2) is 11.5 Å². The predicted octanol–water partition coefficient (Wildman–Crippen LogP) is 4.07. The Morgan fingerprint density at radius 1 is 1.04 bits per heavy atom. The molecule has 4 nitrogen and oxygen atoms in total. The van der Waals surface area contributed by atoms with Gasteiger partial charge in [-0.3, -0.25) is 4.79 Å². The van der Waals surface area contributed by atoms with Crippen LogP contribution in [0.25, 0.3) is 0 Å². The van der Waals surface area contributed by atoms with Crippen molar-refractivity contribution in [3.63, 3.8) is 0 Å². The van der Waals surface area contributed by atoms with E-state index in [1.165, 1.54) is 0 Å². The predicted molar refractivity (Wildman–Crippen MR) is 95.0 cm³/mol. The average molecular weight is 325 g/mol. The van der Waals surface area contributed by atoms with Gasteiger partial charge < -0.3 is 14.8 Å². The van der Waals surface area contributed by atoms with E-state index in [0.29, 0.717) is 19.6 Å². The second-order valence-corrected chi connectivity index (χ2v) is 5.93. The molecule has 1 atom stereocenters. The molecule has 0 unspecified atom stereocenters. The number of hydrogen-bond acceptors (Lipinski definition) is 3. The fraction of sp³-hybridized carbons (Fsp3) is 0.350. The number of aryl methyl sites for hydroxylation is 1. The van der Waals surface area contributed by atoms with Gasteiger partial charge >= 0.3 is 0 Å². The quantitative estimate of drug-likeness (QED) is 0.871. The van der Waals surface area contributed by atoms with E-state index in [1.807, 2.05) is 57.2 Å². The molecule has 0 bridgehead atoms. The number of nitrogens with one attached hydrogen (secondary N) is 1. The van der Waals surface area contributed by atoms with Gasteiger partial charge in [-0.05, 0) is 56.0 Å². The number of ether oxygens (including phenoxy) is 2. The molecule has 0 aliphatic carbocycles. The lowest BCUT2D eigenvalue weighted by Gasteiger charge is -2.14. The molecule has 2 aromatic carbocycles. The largest absolute Gasteiger partial charge is 0.490 e. The second kappa shape index (κ2) is 6.95. The van der Waals surface area contributed by atoms with E-state index < -0.39 is 0 Å². The molecule has 3 rings (SSSR count). The summed E-state index contributed by atoms with van der Waals surface area (Å²) in [5.41, 5.74) is 4.21. The highest BCUT2D eigenvalue weighted by Gasteiger charge is 2.31. The van der Waals surface area contributed by atoms with Crippen molar-refractivity contribution in [1.29, 1.82) is 0 Å². The zero-order valence-corrected chi connectivity index (χ0v) is 14.4. The van der Waals surface area contributed by atoms with Crippen LogP contribution < -0.4 is 14.8 Å². The van der Waals surface area contributed by atoms with Crippen LogP contribution in [-0.2, 0) is 11.2 Å². The third-order valence-corrected chi connectivity index (χ3v) is 4.29. The SMILES string of the molecule is CCOc1ccc(C[C@H]2C(=O)Nc3c(C)cccc32)cc1OCC. The minimum atomic E-state index is -0.160. The van der Waals surface area contributed by atoms with Crippen LogP contribution in [0.3, 0.4) is 0 Å². The summed E-state index contributed by atoms with van der Waals surface area (Å²) in [4.78, 5) is 12.4. The highest BCUT2D eigenvalue weighted by Crippen LogP contribution is 2.38. The monoisotopic (exact) mass is 325 g/mol. The highest BCUT2D eigenvalue weighted by atomic mass is 16.5. The molecule has 24 heavy (non-hydrogen) atoms. The molecule has 1 heterocycles. The first kappa shape index (κ1) is 16.4. The van der Waals surface area contributed by atoms with Crippen molar-refractivity contribution in [3.05, 3.63) is 53.1 Å². The van der Waals surface area contributed by atoms with Gasteiger partial charge in [-0.25, -0.2) is 0 Å². The third-order valence-electron chi connectivity index (χ3n) is 4.29. The average Bonchev–Trinajstić information content (AvgIpc) is 2.88. The number of carbonyl (C=O) groups is 1. The van der Waals surface area contributed by atoms with E-state index in [9.17, 15) is 4.79 Å². The van der Waals surface area contributed by atoms with Crippen molar-refractivity contribution in [2.24, 2.45) is 0 Å².